The normalized spacial score (nSPS) is 21.6. The van der Waals surface area contributed by atoms with Crippen LogP contribution in [0.2, 0.25) is 0 Å². The van der Waals surface area contributed by atoms with Gasteiger partial charge in [-0.3, -0.25) is 20.4 Å². The molecule has 10 heteroatoms. The maximum Gasteiger partial charge on any atom is 0.319 e. The lowest BCUT2D eigenvalue weighted by Crippen LogP contribution is -2.46. The molecule has 0 heterocycles. The van der Waals surface area contributed by atoms with Gasteiger partial charge >= 0.3 is 11.9 Å². The standard InChI is InChI=1S/C40H40N6O4/c1-3-9-25-19-23(15-17-29(25)39(37(47)48)21-33(45-43)35(41)27-11-5-7-13-31(27)39)24-16-18-30(26(20-24)10-4-2)40(38(49)50)22-34(46-44)36(42)28-12-6-8-14-32(28)40/h5-8,11-20,41-42H,3-4,9-10,21-22,43-44H2,1-2H3,(H,47,48)(H,49,50). The molecule has 0 saturated heterocycles. The number of benzene rings is 4. The van der Waals surface area contributed by atoms with Crippen LogP contribution in [0, 0.1) is 10.8 Å². The van der Waals surface area contributed by atoms with Crippen molar-refractivity contribution < 1.29 is 19.8 Å². The highest BCUT2D eigenvalue weighted by Gasteiger charge is 2.51. The predicted molar refractivity (Wildman–Crippen MR) is 196 cm³/mol. The topological polar surface area (TPSA) is 199 Å². The first-order chi connectivity index (χ1) is 24.1. The van der Waals surface area contributed by atoms with Crippen molar-refractivity contribution >= 4 is 34.8 Å². The smallest absolute Gasteiger partial charge is 0.319 e. The summed E-state index contributed by atoms with van der Waals surface area (Å²) < 4.78 is 0. The van der Waals surface area contributed by atoms with E-state index in [9.17, 15) is 19.8 Å². The number of carboxylic acid groups (broad SMARTS) is 2. The Balaban J connectivity index is 1.54. The zero-order valence-corrected chi connectivity index (χ0v) is 28.1. The van der Waals surface area contributed by atoms with Crippen LogP contribution >= 0.6 is 0 Å². The molecule has 0 amide bonds. The van der Waals surface area contributed by atoms with Crippen molar-refractivity contribution in [3.8, 4) is 11.1 Å². The molecule has 0 radical (unpaired) electrons. The quantitative estimate of drug-likeness (QED) is 0.0909. The highest BCUT2D eigenvalue weighted by Crippen LogP contribution is 2.47. The summed E-state index contributed by atoms with van der Waals surface area (Å²) in [7, 11) is 0. The number of nitrogens with one attached hydrogen (secondary N) is 2. The first kappa shape index (κ1) is 34.0. The third-order valence-electron chi connectivity index (χ3n) is 10.3. The van der Waals surface area contributed by atoms with Gasteiger partial charge in [0.2, 0.25) is 0 Å². The molecule has 2 aliphatic carbocycles. The molecule has 254 valence electrons. The number of carboxylic acids is 2. The van der Waals surface area contributed by atoms with E-state index in [0.717, 1.165) is 35.1 Å². The summed E-state index contributed by atoms with van der Waals surface area (Å²) in [5, 5.41) is 47.0. The summed E-state index contributed by atoms with van der Waals surface area (Å²) >= 11 is 0. The second kappa shape index (κ2) is 13.2. The zero-order valence-electron chi connectivity index (χ0n) is 28.1. The number of fused-ring (bicyclic) bond motifs is 2. The number of aliphatic carboxylic acids is 2. The van der Waals surface area contributed by atoms with E-state index in [0.29, 0.717) is 46.2 Å². The van der Waals surface area contributed by atoms with E-state index in [1.54, 1.807) is 48.5 Å². The minimum atomic E-state index is -1.50. The highest BCUT2D eigenvalue weighted by atomic mass is 16.4. The van der Waals surface area contributed by atoms with Crippen molar-refractivity contribution in [2.45, 2.75) is 63.2 Å². The van der Waals surface area contributed by atoms with Crippen LogP contribution in [0.5, 0.6) is 0 Å². The molecule has 4 aromatic rings. The van der Waals surface area contributed by atoms with E-state index >= 15 is 0 Å². The van der Waals surface area contributed by atoms with Crippen LogP contribution < -0.4 is 11.7 Å². The van der Waals surface area contributed by atoms with Crippen LogP contribution in [0.25, 0.3) is 11.1 Å². The van der Waals surface area contributed by atoms with Gasteiger partial charge in [0.05, 0.1) is 22.8 Å². The Morgan fingerprint density at radius 2 is 1.02 bits per heavy atom. The minimum Gasteiger partial charge on any atom is -0.480 e. The van der Waals surface area contributed by atoms with Gasteiger partial charge in [-0.2, -0.15) is 10.2 Å². The average molecular weight is 669 g/mol. The van der Waals surface area contributed by atoms with Crippen LogP contribution in [0.1, 0.15) is 84.0 Å². The number of hydrogen-bond donors (Lipinski definition) is 6. The molecule has 0 aliphatic heterocycles. The second-order valence-corrected chi connectivity index (χ2v) is 13.0. The van der Waals surface area contributed by atoms with E-state index in [2.05, 4.69) is 10.2 Å². The number of nitrogens with zero attached hydrogens (tertiary/aromatic N) is 2. The van der Waals surface area contributed by atoms with Gasteiger partial charge in [-0.15, -0.1) is 0 Å². The van der Waals surface area contributed by atoms with Crippen LogP contribution in [0.4, 0.5) is 0 Å². The van der Waals surface area contributed by atoms with Crippen molar-refractivity contribution in [2.75, 3.05) is 0 Å². The van der Waals surface area contributed by atoms with Crippen molar-refractivity contribution in [1.82, 2.24) is 0 Å². The van der Waals surface area contributed by atoms with Crippen molar-refractivity contribution in [3.05, 3.63) is 129 Å². The minimum absolute atomic E-state index is 0.0512. The van der Waals surface area contributed by atoms with E-state index in [1.165, 1.54) is 0 Å². The number of carbonyl (C=O) groups is 2. The lowest BCUT2D eigenvalue weighted by Gasteiger charge is -2.38. The van der Waals surface area contributed by atoms with Crippen LogP contribution in [-0.2, 0) is 33.3 Å². The van der Waals surface area contributed by atoms with Crippen molar-refractivity contribution in [3.63, 3.8) is 0 Å². The molecule has 2 atom stereocenters. The van der Waals surface area contributed by atoms with Gasteiger partial charge in [0.15, 0.2) is 0 Å². The summed E-state index contributed by atoms with van der Waals surface area (Å²) in [5.74, 6) is 9.36. The molecule has 50 heavy (non-hydrogen) atoms. The Bertz CT molecular complexity index is 1980. The second-order valence-electron chi connectivity index (χ2n) is 13.0. The van der Waals surface area contributed by atoms with Crippen molar-refractivity contribution in [1.29, 1.82) is 10.8 Å². The summed E-state index contributed by atoms with van der Waals surface area (Å²) in [6.07, 6.45) is 2.65. The molecule has 8 N–H and O–H groups in total. The maximum atomic E-state index is 13.4. The molecular formula is C40H40N6O4. The highest BCUT2D eigenvalue weighted by molar-refractivity contribution is 6.50. The Morgan fingerprint density at radius 1 is 0.640 bits per heavy atom. The van der Waals surface area contributed by atoms with Crippen LogP contribution in [0.15, 0.2) is 95.1 Å². The number of aryl methyl sites for hydroxylation is 2. The maximum absolute atomic E-state index is 13.4. The van der Waals surface area contributed by atoms with Gasteiger partial charge in [0.1, 0.15) is 10.8 Å². The summed E-state index contributed by atoms with van der Waals surface area (Å²) in [4.78, 5) is 26.8. The van der Waals surface area contributed by atoms with Crippen LogP contribution in [-0.4, -0.2) is 45.0 Å². The lowest BCUT2D eigenvalue weighted by atomic mass is 9.63. The Kier molecular flexibility index (Phi) is 8.96. The zero-order chi connectivity index (χ0) is 35.8. The molecule has 10 nitrogen and oxygen atoms in total. The lowest BCUT2D eigenvalue weighted by molar-refractivity contribution is -0.143. The Hall–Kier alpha value is -5.90. The van der Waals surface area contributed by atoms with Crippen molar-refractivity contribution in [2.24, 2.45) is 21.9 Å². The van der Waals surface area contributed by atoms with Gasteiger partial charge in [-0.25, -0.2) is 0 Å². The molecule has 0 saturated carbocycles. The Labute approximate surface area is 290 Å². The summed E-state index contributed by atoms with van der Waals surface area (Å²) in [5.41, 5.74) is 4.45. The fraction of sp³-hybridized carbons (Fsp3) is 0.250. The molecular weight excluding hydrogens is 628 g/mol. The van der Waals surface area contributed by atoms with Gasteiger partial charge in [0.25, 0.3) is 0 Å². The molecule has 2 unspecified atom stereocenters. The molecule has 0 spiro atoms. The fourth-order valence-electron chi connectivity index (χ4n) is 7.97. The number of nitrogens with two attached hydrogens (primary N) is 2. The van der Waals surface area contributed by atoms with Gasteiger partial charge in [-0.1, -0.05) is 112 Å². The molecule has 0 fully saturated rings. The van der Waals surface area contributed by atoms with Gasteiger partial charge in [-0.05, 0) is 57.3 Å². The molecule has 2 aliphatic rings. The first-order valence-electron chi connectivity index (χ1n) is 16.7. The molecule has 4 aromatic carbocycles. The van der Waals surface area contributed by atoms with E-state index in [1.807, 2.05) is 50.2 Å². The van der Waals surface area contributed by atoms with Crippen LogP contribution in [0.3, 0.4) is 0 Å². The monoisotopic (exact) mass is 668 g/mol. The Morgan fingerprint density at radius 3 is 1.36 bits per heavy atom. The molecule has 0 aromatic heterocycles. The van der Waals surface area contributed by atoms with Gasteiger partial charge < -0.3 is 21.9 Å². The third-order valence-corrected chi connectivity index (χ3v) is 10.3. The summed E-state index contributed by atoms with van der Waals surface area (Å²) in [6.45, 7) is 4.09. The van der Waals surface area contributed by atoms with E-state index in [-0.39, 0.29) is 35.7 Å². The number of hydrogen-bond acceptors (Lipinski definition) is 8. The average Bonchev–Trinajstić information content (AvgIpc) is 3.13. The first-order valence-corrected chi connectivity index (χ1v) is 16.7. The van der Waals surface area contributed by atoms with E-state index < -0.39 is 22.8 Å². The van der Waals surface area contributed by atoms with Gasteiger partial charge in [0, 0.05) is 24.0 Å². The molecule has 6 rings (SSSR count). The fourth-order valence-corrected chi connectivity index (χ4v) is 7.97. The number of rotatable bonds is 9. The number of hydrazone groups is 2. The third kappa shape index (κ3) is 5.10. The largest absolute Gasteiger partial charge is 0.480 e. The molecule has 0 bridgehead atoms. The predicted octanol–water partition coefficient (Wildman–Crippen LogP) is 6.17. The summed E-state index contributed by atoms with van der Waals surface area (Å²) in [6, 6.07) is 25.8. The van der Waals surface area contributed by atoms with E-state index in [4.69, 9.17) is 22.5 Å². The SMILES string of the molecule is CCCc1cc(-c2ccc(C3(C(=O)O)CC(=NN)C(=N)c4ccccc43)c(CCC)c2)ccc1C1(C(=O)O)CC(=NN)C(=N)c2ccccc21.